The summed E-state index contributed by atoms with van der Waals surface area (Å²) in [6.07, 6.45) is -0.772. The molecule has 1 amide bonds. The van der Waals surface area contributed by atoms with Crippen molar-refractivity contribution < 1.29 is 14.6 Å². The highest BCUT2D eigenvalue weighted by molar-refractivity contribution is 9.10. The third-order valence-corrected chi connectivity index (χ3v) is 3.83. The van der Waals surface area contributed by atoms with Crippen molar-refractivity contribution in [3.63, 3.8) is 0 Å². The molecule has 0 aliphatic rings. The lowest BCUT2D eigenvalue weighted by molar-refractivity contribution is 0.0842. The van der Waals surface area contributed by atoms with Gasteiger partial charge in [-0.3, -0.25) is 4.79 Å². The molecule has 0 aliphatic carbocycles. The van der Waals surface area contributed by atoms with Crippen LogP contribution >= 0.6 is 15.9 Å². The minimum Gasteiger partial charge on any atom is -0.491 e. The molecule has 22 heavy (non-hydrogen) atoms. The average molecular weight is 364 g/mol. The van der Waals surface area contributed by atoms with Crippen LogP contribution in [-0.4, -0.2) is 30.3 Å². The number of aliphatic hydroxyl groups is 1. The SMILES string of the molecule is Cc1ccccc1OCC(O)CNC(=O)c1ccccc1Br. The van der Waals surface area contributed by atoms with Crippen LogP contribution in [0.5, 0.6) is 5.75 Å². The van der Waals surface area contributed by atoms with E-state index in [1.54, 1.807) is 18.2 Å². The van der Waals surface area contributed by atoms with Crippen molar-refractivity contribution >= 4 is 21.8 Å². The molecule has 2 aromatic rings. The zero-order chi connectivity index (χ0) is 15.9. The number of ether oxygens (including phenoxy) is 1. The summed E-state index contributed by atoms with van der Waals surface area (Å²) in [4.78, 5) is 12.0. The van der Waals surface area contributed by atoms with E-state index in [2.05, 4.69) is 21.2 Å². The maximum Gasteiger partial charge on any atom is 0.252 e. The van der Waals surface area contributed by atoms with Gasteiger partial charge in [-0.1, -0.05) is 30.3 Å². The molecule has 0 spiro atoms. The standard InChI is InChI=1S/C17H18BrNO3/c1-12-6-2-5-9-16(12)22-11-13(20)10-19-17(21)14-7-3-4-8-15(14)18/h2-9,13,20H,10-11H2,1H3,(H,19,21). The maximum absolute atomic E-state index is 12.0. The van der Waals surface area contributed by atoms with Crippen molar-refractivity contribution in [3.8, 4) is 5.75 Å². The Hall–Kier alpha value is -1.85. The lowest BCUT2D eigenvalue weighted by Crippen LogP contribution is -2.35. The Morgan fingerprint density at radius 1 is 1.23 bits per heavy atom. The summed E-state index contributed by atoms with van der Waals surface area (Å²) in [5, 5.41) is 12.6. The minimum atomic E-state index is -0.772. The van der Waals surface area contributed by atoms with Gasteiger partial charge in [-0.2, -0.15) is 0 Å². The summed E-state index contributed by atoms with van der Waals surface area (Å²) in [6, 6.07) is 14.7. The minimum absolute atomic E-state index is 0.126. The van der Waals surface area contributed by atoms with Crippen LogP contribution in [-0.2, 0) is 0 Å². The Morgan fingerprint density at radius 3 is 2.64 bits per heavy atom. The van der Waals surface area contributed by atoms with Gasteiger partial charge in [0, 0.05) is 11.0 Å². The number of halogens is 1. The van der Waals surface area contributed by atoms with E-state index in [1.165, 1.54) is 0 Å². The molecule has 1 atom stereocenters. The van der Waals surface area contributed by atoms with Crippen molar-refractivity contribution in [1.82, 2.24) is 5.32 Å². The molecule has 0 saturated carbocycles. The van der Waals surface area contributed by atoms with Crippen molar-refractivity contribution in [1.29, 1.82) is 0 Å². The molecule has 0 bridgehead atoms. The number of rotatable bonds is 6. The van der Waals surface area contributed by atoms with Gasteiger partial charge in [0.1, 0.15) is 18.5 Å². The Balaban J connectivity index is 1.81. The molecule has 0 fully saturated rings. The second-order valence-electron chi connectivity index (χ2n) is 4.92. The van der Waals surface area contributed by atoms with E-state index in [9.17, 15) is 9.90 Å². The molecular weight excluding hydrogens is 346 g/mol. The molecule has 0 radical (unpaired) electrons. The smallest absolute Gasteiger partial charge is 0.252 e. The highest BCUT2D eigenvalue weighted by Crippen LogP contribution is 2.17. The van der Waals surface area contributed by atoms with Crippen molar-refractivity contribution in [3.05, 3.63) is 64.1 Å². The number of nitrogens with one attached hydrogen (secondary N) is 1. The molecule has 2 aromatic carbocycles. The van der Waals surface area contributed by atoms with Gasteiger partial charge in [0.2, 0.25) is 0 Å². The summed E-state index contributed by atoms with van der Waals surface area (Å²) >= 11 is 3.33. The third-order valence-electron chi connectivity index (χ3n) is 3.14. The van der Waals surface area contributed by atoms with Crippen LogP contribution in [0.1, 0.15) is 15.9 Å². The molecule has 2 N–H and O–H groups in total. The van der Waals surface area contributed by atoms with Gasteiger partial charge in [-0.05, 0) is 46.6 Å². The lowest BCUT2D eigenvalue weighted by Gasteiger charge is -2.14. The van der Waals surface area contributed by atoms with Gasteiger partial charge < -0.3 is 15.2 Å². The van der Waals surface area contributed by atoms with Crippen LogP contribution in [0.4, 0.5) is 0 Å². The number of aryl methyl sites for hydroxylation is 1. The number of benzene rings is 2. The fourth-order valence-corrected chi connectivity index (χ4v) is 2.38. The maximum atomic E-state index is 12.0. The van der Waals surface area contributed by atoms with E-state index in [0.29, 0.717) is 5.56 Å². The second kappa shape index (κ2) is 7.96. The third kappa shape index (κ3) is 4.58. The Labute approximate surface area is 138 Å². The monoisotopic (exact) mass is 363 g/mol. The number of amides is 1. The number of para-hydroxylation sites is 1. The van der Waals surface area contributed by atoms with Gasteiger partial charge in [0.05, 0.1) is 5.56 Å². The molecule has 116 valence electrons. The Kier molecular flexibility index (Phi) is 5.98. The van der Waals surface area contributed by atoms with Crippen LogP contribution in [0, 0.1) is 6.92 Å². The van der Waals surface area contributed by atoms with E-state index in [1.807, 2.05) is 37.3 Å². The molecule has 0 aromatic heterocycles. The molecule has 4 nitrogen and oxygen atoms in total. The van der Waals surface area contributed by atoms with Crippen LogP contribution in [0.15, 0.2) is 53.0 Å². The predicted octanol–water partition coefficient (Wildman–Crippen LogP) is 2.93. The predicted molar refractivity (Wildman–Crippen MR) is 89.2 cm³/mol. The summed E-state index contributed by atoms with van der Waals surface area (Å²) in [5.74, 6) is 0.501. The molecule has 0 aliphatic heterocycles. The zero-order valence-corrected chi connectivity index (χ0v) is 13.8. The quantitative estimate of drug-likeness (QED) is 0.829. The van der Waals surface area contributed by atoms with Gasteiger partial charge in [-0.15, -0.1) is 0 Å². The van der Waals surface area contributed by atoms with Gasteiger partial charge in [0.25, 0.3) is 5.91 Å². The summed E-state index contributed by atoms with van der Waals surface area (Å²) in [7, 11) is 0. The molecular formula is C17H18BrNO3. The van der Waals surface area contributed by atoms with E-state index >= 15 is 0 Å². The van der Waals surface area contributed by atoms with Crippen molar-refractivity contribution in [2.75, 3.05) is 13.2 Å². The first-order valence-electron chi connectivity index (χ1n) is 6.97. The van der Waals surface area contributed by atoms with E-state index < -0.39 is 6.10 Å². The Morgan fingerprint density at radius 2 is 1.91 bits per heavy atom. The number of carbonyl (C=O) groups excluding carboxylic acids is 1. The Bertz CT molecular complexity index is 645. The van der Waals surface area contributed by atoms with E-state index in [0.717, 1.165) is 15.8 Å². The number of aliphatic hydroxyl groups excluding tert-OH is 1. The number of hydrogen-bond acceptors (Lipinski definition) is 3. The highest BCUT2D eigenvalue weighted by atomic mass is 79.9. The zero-order valence-electron chi connectivity index (χ0n) is 12.3. The number of hydrogen-bond donors (Lipinski definition) is 2. The molecule has 2 rings (SSSR count). The molecule has 1 unspecified atom stereocenters. The highest BCUT2D eigenvalue weighted by Gasteiger charge is 2.12. The average Bonchev–Trinajstić information content (AvgIpc) is 2.52. The largest absolute Gasteiger partial charge is 0.491 e. The fraction of sp³-hybridized carbons (Fsp3) is 0.235. The van der Waals surface area contributed by atoms with Crippen LogP contribution < -0.4 is 10.1 Å². The van der Waals surface area contributed by atoms with Crippen LogP contribution in [0.3, 0.4) is 0 Å². The molecule has 0 saturated heterocycles. The number of carbonyl (C=O) groups is 1. The van der Waals surface area contributed by atoms with Gasteiger partial charge in [0.15, 0.2) is 0 Å². The first kappa shape index (κ1) is 16.5. The van der Waals surface area contributed by atoms with Crippen molar-refractivity contribution in [2.45, 2.75) is 13.0 Å². The van der Waals surface area contributed by atoms with Crippen LogP contribution in [0.25, 0.3) is 0 Å². The van der Waals surface area contributed by atoms with Gasteiger partial charge in [-0.25, -0.2) is 0 Å². The lowest BCUT2D eigenvalue weighted by atomic mass is 10.2. The summed E-state index contributed by atoms with van der Waals surface area (Å²) in [5.41, 5.74) is 1.54. The van der Waals surface area contributed by atoms with E-state index in [-0.39, 0.29) is 19.1 Å². The van der Waals surface area contributed by atoms with E-state index in [4.69, 9.17) is 4.74 Å². The first-order valence-corrected chi connectivity index (χ1v) is 7.76. The summed E-state index contributed by atoms with van der Waals surface area (Å²) in [6.45, 7) is 2.20. The molecule has 5 heteroatoms. The normalized spacial score (nSPS) is 11.8. The summed E-state index contributed by atoms with van der Waals surface area (Å²) < 4.78 is 6.27. The second-order valence-corrected chi connectivity index (χ2v) is 5.77. The molecule has 0 heterocycles. The van der Waals surface area contributed by atoms with Crippen molar-refractivity contribution in [2.24, 2.45) is 0 Å². The fourth-order valence-electron chi connectivity index (χ4n) is 1.91. The first-order chi connectivity index (χ1) is 10.6. The van der Waals surface area contributed by atoms with Gasteiger partial charge >= 0.3 is 0 Å². The van der Waals surface area contributed by atoms with Crippen LogP contribution in [0.2, 0.25) is 0 Å². The topological polar surface area (TPSA) is 58.6 Å².